The highest BCUT2D eigenvalue weighted by atomic mass is 35.5. The maximum absolute atomic E-state index is 11.3. The Morgan fingerprint density at radius 2 is 2.38 bits per heavy atom. The van der Waals surface area contributed by atoms with Crippen molar-refractivity contribution in [1.29, 1.82) is 0 Å². The highest BCUT2D eigenvalue weighted by Gasteiger charge is 2.23. The number of carbonyl (C=O) groups excluding carboxylic acids is 1. The van der Waals surface area contributed by atoms with Gasteiger partial charge in [-0.2, -0.15) is 0 Å². The van der Waals surface area contributed by atoms with Crippen LogP contribution in [0.15, 0.2) is 12.1 Å². The molecule has 0 aliphatic heterocycles. The summed E-state index contributed by atoms with van der Waals surface area (Å²) >= 11 is 7.22. The number of halogens is 1. The Morgan fingerprint density at radius 3 is 2.92 bits per heavy atom. The van der Waals surface area contributed by atoms with Gasteiger partial charge in [-0.05, 0) is 25.0 Å². The molecule has 1 aromatic rings. The van der Waals surface area contributed by atoms with Crippen molar-refractivity contribution in [3.05, 3.63) is 21.3 Å². The number of hydrogen-bond donors (Lipinski definition) is 1. The number of amides is 1. The summed E-state index contributed by atoms with van der Waals surface area (Å²) in [7, 11) is 0. The summed E-state index contributed by atoms with van der Waals surface area (Å²) in [4.78, 5) is 12.4. The molecular formula is C9H10ClNOS. The van der Waals surface area contributed by atoms with E-state index in [1.165, 1.54) is 11.3 Å². The molecule has 1 amide bonds. The van der Waals surface area contributed by atoms with E-state index >= 15 is 0 Å². The van der Waals surface area contributed by atoms with Crippen molar-refractivity contribution in [1.82, 2.24) is 5.32 Å². The first-order valence-electron chi connectivity index (χ1n) is 4.27. The van der Waals surface area contributed by atoms with Gasteiger partial charge < -0.3 is 5.32 Å². The van der Waals surface area contributed by atoms with E-state index in [4.69, 9.17) is 11.6 Å². The average Bonchev–Trinajstić information content (AvgIpc) is 2.76. The molecule has 0 aromatic carbocycles. The highest BCUT2D eigenvalue weighted by molar-refractivity contribution is 7.16. The molecule has 1 heterocycles. The molecule has 2 nitrogen and oxygen atoms in total. The SMILES string of the molecule is O=C(Cc1ccc(Cl)s1)NC1CC1. The normalized spacial score (nSPS) is 15.8. The zero-order chi connectivity index (χ0) is 9.26. The molecule has 1 fully saturated rings. The third-order valence-electron chi connectivity index (χ3n) is 1.91. The second kappa shape index (κ2) is 3.68. The molecular weight excluding hydrogens is 206 g/mol. The Labute approximate surface area is 85.9 Å². The average molecular weight is 216 g/mol. The first-order chi connectivity index (χ1) is 6.24. The Morgan fingerprint density at radius 1 is 1.62 bits per heavy atom. The highest BCUT2D eigenvalue weighted by Crippen LogP contribution is 2.22. The third-order valence-corrected chi connectivity index (χ3v) is 3.14. The molecule has 1 aromatic heterocycles. The third kappa shape index (κ3) is 2.71. The Bertz CT molecular complexity index is 319. The summed E-state index contributed by atoms with van der Waals surface area (Å²) in [5.41, 5.74) is 0. The van der Waals surface area contributed by atoms with Crippen LogP contribution in [-0.2, 0) is 11.2 Å². The van der Waals surface area contributed by atoms with Crippen LogP contribution in [0.5, 0.6) is 0 Å². The molecule has 1 aliphatic rings. The van der Waals surface area contributed by atoms with Crippen molar-refractivity contribution in [2.75, 3.05) is 0 Å². The van der Waals surface area contributed by atoms with E-state index in [0.29, 0.717) is 12.5 Å². The predicted octanol–water partition coefficient (Wildman–Crippen LogP) is 2.22. The van der Waals surface area contributed by atoms with Gasteiger partial charge in [-0.3, -0.25) is 4.79 Å². The lowest BCUT2D eigenvalue weighted by Crippen LogP contribution is -2.26. The van der Waals surface area contributed by atoms with Crippen LogP contribution >= 0.6 is 22.9 Å². The second-order valence-corrected chi connectivity index (χ2v) is 5.02. The summed E-state index contributed by atoms with van der Waals surface area (Å²) in [6.07, 6.45) is 2.74. The van der Waals surface area contributed by atoms with E-state index in [1.807, 2.05) is 12.1 Å². The van der Waals surface area contributed by atoms with Gasteiger partial charge in [0.05, 0.1) is 10.8 Å². The molecule has 4 heteroatoms. The molecule has 0 saturated heterocycles. The molecule has 2 rings (SSSR count). The van der Waals surface area contributed by atoms with E-state index in [1.54, 1.807) is 0 Å². The van der Waals surface area contributed by atoms with Crippen LogP contribution in [0.3, 0.4) is 0 Å². The number of hydrogen-bond acceptors (Lipinski definition) is 2. The van der Waals surface area contributed by atoms with Crippen LogP contribution in [0.25, 0.3) is 0 Å². The van der Waals surface area contributed by atoms with E-state index < -0.39 is 0 Å². The molecule has 13 heavy (non-hydrogen) atoms. The minimum absolute atomic E-state index is 0.112. The van der Waals surface area contributed by atoms with Gasteiger partial charge in [0.25, 0.3) is 0 Å². The van der Waals surface area contributed by atoms with Gasteiger partial charge >= 0.3 is 0 Å². The number of nitrogens with one attached hydrogen (secondary N) is 1. The zero-order valence-electron chi connectivity index (χ0n) is 7.05. The van der Waals surface area contributed by atoms with Crippen molar-refractivity contribution < 1.29 is 4.79 Å². The standard InChI is InChI=1S/C9H10ClNOS/c10-8-4-3-7(13-8)5-9(12)11-6-1-2-6/h3-4,6H,1-2,5H2,(H,11,12). The van der Waals surface area contributed by atoms with Crippen molar-refractivity contribution in [2.45, 2.75) is 25.3 Å². The van der Waals surface area contributed by atoms with Crippen LogP contribution < -0.4 is 5.32 Å². The van der Waals surface area contributed by atoms with E-state index in [0.717, 1.165) is 22.1 Å². The zero-order valence-corrected chi connectivity index (χ0v) is 8.62. The Hall–Kier alpha value is -0.540. The summed E-state index contributed by atoms with van der Waals surface area (Å²) in [6.45, 7) is 0. The van der Waals surface area contributed by atoms with E-state index in [-0.39, 0.29) is 5.91 Å². The minimum atomic E-state index is 0.112. The number of thiophene rings is 1. The molecule has 0 bridgehead atoms. The smallest absolute Gasteiger partial charge is 0.225 e. The van der Waals surface area contributed by atoms with Gasteiger partial charge in [0.2, 0.25) is 5.91 Å². The maximum atomic E-state index is 11.3. The van der Waals surface area contributed by atoms with Crippen molar-refractivity contribution in [3.8, 4) is 0 Å². The lowest BCUT2D eigenvalue weighted by molar-refractivity contribution is -0.120. The van der Waals surface area contributed by atoms with Gasteiger partial charge in [-0.25, -0.2) is 0 Å². The molecule has 1 aliphatic carbocycles. The largest absolute Gasteiger partial charge is 0.353 e. The van der Waals surface area contributed by atoms with Gasteiger partial charge in [0, 0.05) is 10.9 Å². The monoisotopic (exact) mass is 215 g/mol. The molecule has 1 saturated carbocycles. The topological polar surface area (TPSA) is 29.1 Å². The Kier molecular flexibility index (Phi) is 2.56. The van der Waals surface area contributed by atoms with Gasteiger partial charge in [0.1, 0.15) is 0 Å². The first-order valence-corrected chi connectivity index (χ1v) is 5.47. The fraction of sp³-hybridized carbons (Fsp3) is 0.444. The molecule has 0 spiro atoms. The molecule has 1 N–H and O–H groups in total. The maximum Gasteiger partial charge on any atom is 0.225 e. The van der Waals surface area contributed by atoms with Crippen LogP contribution in [-0.4, -0.2) is 11.9 Å². The minimum Gasteiger partial charge on any atom is -0.353 e. The molecule has 0 atom stereocenters. The van der Waals surface area contributed by atoms with Crippen LogP contribution in [0, 0.1) is 0 Å². The summed E-state index contributed by atoms with van der Waals surface area (Å²) in [5, 5.41) is 2.94. The fourth-order valence-corrected chi connectivity index (χ4v) is 2.20. The molecule has 0 unspecified atom stereocenters. The lowest BCUT2D eigenvalue weighted by atomic mass is 10.3. The first kappa shape index (κ1) is 9.03. The van der Waals surface area contributed by atoms with E-state index in [9.17, 15) is 4.79 Å². The summed E-state index contributed by atoms with van der Waals surface area (Å²) in [6, 6.07) is 4.17. The van der Waals surface area contributed by atoms with Gasteiger partial charge in [-0.1, -0.05) is 11.6 Å². The van der Waals surface area contributed by atoms with Crippen molar-refractivity contribution >= 4 is 28.8 Å². The van der Waals surface area contributed by atoms with Gasteiger partial charge in [-0.15, -0.1) is 11.3 Å². The van der Waals surface area contributed by atoms with Crippen LogP contribution in [0.1, 0.15) is 17.7 Å². The molecule has 0 radical (unpaired) electrons. The van der Waals surface area contributed by atoms with Crippen LogP contribution in [0.2, 0.25) is 4.34 Å². The number of rotatable bonds is 3. The Balaban J connectivity index is 1.85. The quantitative estimate of drug-likeness (QED) is 0.823. The van der Waals surface area contributed by atoms with Crippen LogP contribution in [0.4, 0.5) is 0 Å². The van der Waals surface area contributed by atoms with E-state index in [2.05, 4.69) is 5.32 Å². The molecule has 70 valence electrons. The fourth-order valence-electron chi connectivity index (χ4n) is 1.11. The second-order valence-electron chi connectivity index (χ2n) is 3.22. The summed E-state index contributed by atoms with van der Waals surface area (Å²) < 4.78 is 0.745. The van der Waals surface area contributed by atoms with Crippen molar-refractivity contribution in [2.24, 2.45) is 0 Å². The summed E-state index contributed by atoms with van der Waals surface area (Å²) in [5.74, 6) is 0.112. The van der Waals surface area contributed by atoms with Gasteiger partial charge in [0.15, 0.2) is 0 Å². The lowest BCUT2D eigenvalue weighted by Gasteiger charge is -1.99. The predicted molar refractivity (Wildman–Crippen MR) is 54.2 cm³/mol. The van der Waals surface area contributed by atoms with Crippen molar-refractivity contribution in [3.63, 3.8) is 0 Å². The number of carbonyl (C=O) groups is 1.